The zero-order valence-corrected chi connectivity index (χ0v) is 5.89. The van der Waals surface area contributed by atoms with E-state index in [0.29, 0.717) is 5.88 Å². The predicted octanol–water partition coefficient (Wildman–Crippen LogP) is 1.41. The molecule has 0 saturated carbocycles. The van der Waals surface area contributed by atoms with E-state index < -0.39 is 6.36 Å². The Balaban J connectivity index is 2.58. The minimum absolute atomic E-state index is 0.299. The molecule has 10 heavy (non-hydrogen) atoms. The van der Waals surface area contributed by atoms with E-state index in [2.05, 4.69) is 14.9 Å². The van der Waals surface area contributed by atoms with Crippen LogP contribution in [0.15, 0.2) is 6.07 Å². The summed E-state index contributed by atoms with van der Waals surface area (Å²) in [7, 11) is 0. The zero-order chi connectivity index (χ0) is 7.56. The van der Waals surface area contributed by atoms with Crippen molar-refractivity contribution in [1.29, 1.82) is 0 Å². The summed E-state index contributed by atoms with van der Waals surface area (Å²) in [6.45, 7) is 3.13. The molecule has 1 atom stereocenters. The maximum atomic E-state index is 12.1. The summed E-state index contributed by atoms with van der Waals surface area (Å²) in [5.74, 6) is 0.299. The molecule has 0 spiro atoms. The number of ether oxygens (including phenoxy) is 1. The molecule has 4 heteroatoms. The van der Waals surface area contributed by atoms with E-state index in [1.807, 2.05) is 6.92 Å². The van der Waals surface area contributed by atoms with Gasteiger partial charge in [0.15, 0.2) is 0 Å². The molecule has 1 heterocycles. The number of aromatic amines is 1. The average molecular weight is 144 g/mol. The van der Waals surface area contributed by atoms with Crippen molar-refractivity contribution < 1.29 is 9.13 Å². The van der Waals surface area contributed by atoms with Crippen LogP contribution in [0.1, 0.15) is 12.6 Å². The van der Waals surface area contributed by atoms with Crippen LogP contribution < -0.4 is 4.74 Å². The van der Waals surface area contributed by atoms with E-state index in [9.17, 15) is 4.39 Å². The van der Waals surface area contributed by atoms with Gasteiger partial charge in [-0.15, -0.1) is 5.10 Å². The van der Waals surface area contributed by atoms with Crippen LogP contribution >= 0.6 is 0 Å². The highest BCUT2D eigenvalue weighted by molar-refractivity contribution is 5.12. The van der Waals surface area contributed by atoms with Crippen LogP contribution in [0.5, 0.6) is 5.88 Å². The monoisotopic (exact) mass is 144 g/mol. The second-order valence-electron chi connectivity index (χ2n) is 2.05. The largest absolute Gasteiger partial charge is 0.442 e. The molecular formula is C6H9FN2O. The molecule has 1 N–H and O–H groups in total. The van der Waals surface area contributed by atoms with Gasteiger partial charge in [-0.1, -0.05) is 0 Å². The highest BCUT2D eigenvalue weighted by Crippen LogP contribution is 2.08. The fraction of sp³-hybridized carbons (Fsp3) is 0.500. The lowest BCUT2D eigenvalue weighted by Gasteiger charge is -1.99. The normalized spacial score (nSPS) is 13.1. The number of nitrogens with zero attached hydrogens (tertiary/aromatic N) is 1. The molecule has 1 aromatic heterocycles. The van der Waals surface area contributed by atoms with Gasteiger partial charge in [0.2, 0.25) is 12.2 Å². The summed E-state index contributed by atoms with van der Waals surface area (Å²) in [6, 6.07) is 1.64. The third-order valence-electron chi connectivity index (χ3n) is 0.966. The van der Waals surface area contributed by atoms with E-state index >= 15 is 0 Å². The summed E-state index contributed by atoms with van der Waals surface area (Å²) in [4.78, 5) is 0. The molecule has 3 nitrogen and oxygen atoms in total. The van der Waals surface area contributed by atoms with Crippen molar-refractivity contribution >= 4 is 0 Å². The topological polar surface area (TPSA) is 37.9 Å². The Hall–Kier alpha value is -1.06. The molecule has 1 rings (SSSR count). The van der Waals surface area contributed by atoms with E-state index in [1.54, 1.807) is 6.07 Å². The first-order chi connectivity index (χ1) is 4.68. The molecule has 0 bridgehead atoms. The van der Waals surface area contributed by atoms with Gasteiger partial charge in [-0.05, 0) is 6.92 Å². The van der Waals surface area contributed by atoms with E-state index in [0.717, 1.165) is 5.69 Å². The Bertz CT molecular complexity index is 209. The molecule has 0 amide bonds. The summed E-state index contributed by atoms with van der Waals surface area (Å²) in [5, 5.41) is 6.30. The van der Waals surface area contributed by atoms with Crippen molar-refractivity contribution in [3.05, 3.63) is 11.8 Å². The maximum absolute atomic E-state index is 12.1. The van der Waals surface area contributed by atoms with Gasteiger partial charge in [0.25, 0.3) is 0 Å². The Labute approximate surface area is 58.2 Å². The lowest BCUT2D eigenvalue weighted by atomic mass is 10.5. The van der Waals surface area contributed by atoms with E-state index in [4.69, 9.17) is 0 Å². The fourth-order valence-electron chi connectivity index (χ4n) is 0.620. The van der Waals surface area contributed by atoms with Crippen LogP contribution in [0.2, 0.25) is 0 Å². The number of hydrogen-bond acceptors (Lipinski definition) is 2. The number of rotatable bonds is 2. The Morgan fingerprint density at radius 1 is 1.80 bits per heavy atom. The summed E-state index contributed by atoms with van der Waals surface area (Å²) in [5.41, 5.74) is 0.857. The fourth-order valence-corrected chi connectivity index (χ4v) is 0.620. The van der Waals surface area contributed by atoms with Crippen molar-refractivity contribution in [3.63, 3.8) is 0 Å². The minimum Gasteiger partial charge on any atom is -0.442 e. The first-order valence-electron chi connectivity index (χ1n) is 3.01. The molecule has 0 saturated heterocycles. The predicted molar refractivity (Wildman–Crippen MR) is 34.5 cm³/mol. The van der Waals surface area contributed by atoms with Crippen LogP contribution in [0.25, 0.3) is 0 Å². The second-order valence-corrected chi connectivity index (χ2v) is 2.05. The van der Waals surface area contributed by atoms with Crippen LogP contribution in [0.4, 0.5) is 4.39 Å². The second kappa shape index (κ2) is 2.68. The number of nitrogens with one attached hydrogen (secondary N) is 1. The number of halogens is 1. The molecule has 0 aliphatic carbocycles. The quantitative estimate of drug-likeness (QED) is 0.681. The lowest BCUT2D eigenvalue weighted by molar-refractivity contribution is 0.0809. The first-order valence-corrected chi connectivity index (χ1v) is 3.01. The van der Waals surface area contributed by atoms with Crippen molar-refractivity contribution in [2.45, 2.75) is 20.2 Å². The van der Waals surface area contributed by atoms with Crippen LogP contribution in [-0.4, -0.2) is 16.6 Å². The van der Waals surface area contributed by atoms with Gasteiger partial charge in [0.1, 0.15) is 0 Å². The smallest absolute Gasteiger partial charge is 0.237 e. The Morgan fingerprint density at radius 3 is 2.90 bits per heavy atom. The van der Waals surface area contributed by atoms with E-state index in [1.165, 1.54) is 6.92 Å². The van der Waals surface area contributed by atoms with Gasteiger partial charge < -0.3 is 4.74 Å². The zero-order valence-electron chi connectivity index (χ0n) is 5.89. The molecule has 0 radical (unpaired) electrons. The van der Waals surface area contributed by atoms with Gasteiger partial charge in [-0.2, -0.15) is 0 Å². The SMILES string of the molecule is Cc1cc(OC(C)F)n[nH]1. The number of hydrogen-bond donors (Lipinski definition) is 1. The van der Waals surface area contributed by atoms with Crippen LogP contribution in [-0.2, 0) is 0 Å². The van der Waals surface area contributed by atoms with Crippen molar-refractivity contribution in [2.24, 2.45) is 0 Å². The summed E-state index contributed by atoms with van der Waals surface area (Å²) < 4.78 is 16.7. The highest BCUT2D eigenvalue weighted by Gasteiger charge is 2.01. The third kappa shape index (κ3) is 1.72. The molecule has 0 aliphatic rings. The van der Waals surface area contributed by atoms with Gasteiger partial charge in [-0.3, -0.25) is 5.10 Å². The third-order valence-corrected chi connectivity index (χ3v) is 0.966. The Kier molecular flexibility index (Phi) is 1.89. The van der Waals surface area contributed by atoms with Gasteiger partial charge in [-0.25, -0.2) is 4.39 Å². The van der Waals surface area contributed by atoms with Crippen molar-refractivity contribution in [1.82, 2.24) is 10.2 Å². The van der Waals surface area contributed by atoms with Crippen LogP contribution in [0.3, 0.4) is 0 Å². The van der Waals surface area contributed by atoms with Crippen molar-refractivity contribution in [2.75, 3.05) is 0 Å². The number of aromatic nitrogens is 2. The minimum atomic E-state index is -1.30. The highest BCUT2D eigenvalue weighted by atomic mass is 19.1. The molecule has 0 aromatic carbocycles. The van der Waals surface area contributed by atoms with Gasteiger partial charge >= 0.3 is 0 Å². The first kappa shape index (κ1) is 7.05. The lowest BCUT2D eigenvalue weighted by Crippen LogP contribution is -2.03. The summed E-state index contributed by atoms with van der Waals surface area (Å²) in [6.07, 6.45) is -1.30. The Morgan fingerprint density at radius 2 is 2.50 bits per heavy atom. The molecule has 56 valence electrons. The van der Waals surface area contributed by atoms with Crippen molar-refractivity contribution in [3.8, 4) is 5.88 Å². The molecular weight excluding hydrogens is 135 g/mol. The molecule has 0 aliphatic heterocycles. The van der Waals surface area contributed by atoms with Gasteiger partial charge in [0.05, 0.1) is 0 Å². The molecule has 1 aromatic rings. The average Bonchev–Trinajstić information content (AvgIpc) is 2.13. The maximum Gasteiger partial charge on any atom is 0.237 e. The van der Waals surface area contributed by atoms with Gasteiger partial charge in [0, 0.05) is 18.7 Å². The molecule has 0 fully saturated rings. The molecule has 1 unspecified atom stereocenters. The number of aryl methyl sites for hydroxylation is 1. The summed E-state index contributed by atoms with van der Waals surface area (Å²) >= 11 is 0. The standard InChI is InChI=1S/C6H9FN2O/c1-4-3-6(9-8-4)10-5(2)7/h3,5H,1-2H3,(H,8,9). The number of alkyl halides is 1. The number of H-pyrrole nitrogens is 1. The van der Waals surface area contributed by atoms with E-state index in [-0.39, 0.29) is 0 Å². The van der Waals surface area contributed by atoms with Crippen LogP contribution in [0, 0.1) is 6.92 Å².